The minimum Gasteiger partial charge on any atom is -0.278 e. The Kier molecular flexibility index (Phi) is 3.62. The van der Waals surface area contributed by atoms with Crippen LogP contribution >= 0.6 is 0 Å². The quantitative estimate of drug-likeness (QED) is 0.653. The van der Waals surface area contributed by atoms with Gasteiger partial charge in [-0.1, -0.05) is 6.07 Å². The zero-order valence-electron chi connectivity index (χ0n) is 9.20. The smallest absolute Gasteiger partial charge is 0.134 e. The van der Waals surface area contributed by atoms with Gasteiger partial charge < -0.3 is 0 Å². The second-order valence-corrected chi connectivity index (χ2v) is 3.51. The lowest BCUT2D eigenvalue weighted by molar-refractivity contribution is 0.580. The molecule has 0 atom stereocenters. The highest BCUT2D eigenvalue weighted by atomic mass is 19.1. The number of hydrogen-bond acceptors (Lipinski definition) is 2. The van der Waals surface area contributed by atoms with Gasteiger partial charge in [-0.25, -0.2) is 13.2 Å². The Balaban J connectivity index is 2.10. The summed E-state index contributed by atoms with van der Waals surface area (Å²) in [7, 11) is 0. The van der Waals surface area contributed by atoms with Gasteiger partial charge in [0.15, 0.2) is 0 Å². The third-order valence-corrected chi connectivity index (χ3v) is 2.23. The van der Waals surface area contributed by atoms with E-state index in [4.69, 9.17) is 0 Å². The molecule has 2 aromatic rings. The van der Waals surface area contributed by atoms with Gasteiger partial charge in [0.25, 0.3) is 0 Å². The largest absolute Gasteiger partial charge is 0.278 e. The number of hydrazone groups is 1. The summed E-state index contributed by atoms with van der Waals surface area (Å²) in [5.74, 6) is -1.76. The van der Waals surface area contributed by atoms with Crippen molar-refractivity contribution < 1.29 is 13.2 Å². The van der Waals surface area contributed by atoms with Crippen molar-refractivity contribution in [1.82, 2.24) is 0 Å². The number of nitrogens with one attached hydrogen (secondary N) is 1. The monoisotopic (exact) mass is 250 g/mol. The van der Waals surface area contributed by atoms with Gasteiger partial charge in [0.05, 0.1) is 17.5 Å². The second-order valence-electron chi connectivity index (χ2n) is 3.51. The first-order valence-corrected chi connectivity index (χ1v) is 5.15. The van der Waals surface area contributed by atoms with Crippen LogP contribution in [-0.4, -0.2) is 6.21 Å². The molecule has 0 saturated carbocycles. The summed E-state index contributed by atoms with van der Waals surface area (Å²) in [5.41, 5.74) is 2.83. The fraction of sp³-hybridized carbons (Fsp3) is 0. The van der Waals surface area contributed by atoms with Gasteiger partial charge in [0.1, 0.15) is 17.5 Å². The zero-order valence-corrected chi connectivity index (χ0v) is 9.20. The van der Waals surface area contributed by atoms with Gasteiger partial charge in [-0.2, -0.15) is 5.10 Å². The van der Waals surface area contributed by atoms with Crippen molar-refractivity contribution in [2.24, 2.45) is 5.10 Å². The van der Waals surface area contributed by atoms with Gasteiger partial charge in [-0.3, -0.25) is 5.43 Å². The Morgan fingerprint density at radius 3 is 2.11 bits per heavy atom. The molecule has 0 aliphatic rings. The van der Waals surface area contributed by atoms with E-state index in [0.717, 1.165) is 18.3 Å². The van der Waals surface area contributed by atoms with Crippen molar-refractivity contribution in [3.8, 4) is 0 Å². The highest BCUT2D eigenvalue weighted by Gasteiger charge is 2.04. The maximum absolute atomic E-state index is 13.2. The fourth-order valence-electron chi connectivity index (χ4n) is 1.33. The molecule has 0 bridgehead atoms. The lowest BCUT2D eigenvalue weighted by Gasteiger charge is -2.00. The van der Waals surface area contributed by atoms with Gasteiger partial charge in [-0.05, 0) is 36.4 Å². The normalized spacial score (nSPS) is 10.8. The lowest BCUT2D eigenvalue weighted by atomic mass is 10.2. The average Bonchev–Trinajstić information content (AvgIpc) is 2.35. The SMILES string of the molecule is Fc1ccc(N/N=C\c2c(F)cccc2F)cc1. The van der Waals surface area contributed by atoms with E-state index in [9.17, 15) is 13.2 Å². The van der Waals surface area contributed by atoms with Crippen LogP contribution in [0.2, 0.25) is 0 Å². The van der Waals surface area contributed by atoms with Gasteiger partial charge >= 0.3 is 0 Å². The zero-order chi connectivity index (χ0) is 13.0. The van der Waals surface area contributed by atoms with E-state index >= 15 is 0 Å². The molecule has 0 saturated heterocycles. The van der Waals surface area contributed by atoms with Gasteiger partial charge in [-0.15, -0.1) is 0 Å². The standard InChI is InChI=1S/C13H9F3N2/c14-9-4-6-10(7-5-9)18-17-8-11-12(15)2-1-3-13(11)16/h1-8,18H/b17-8-. The summed E-state index contributed by atoms with van der Waals surface area (Å²) in [6.07, 6.45) is 1.04. The van der Waals surface area contributed by atoms with Crippen LogP contribution in [0.1, 0.15) is 5.56 Å². The Morgan fingerprint density at radius 2 is 1.50 bits per heavy atom. The topological polar surface area (TPSA) is 24.4 Å². The molecule has 2 nitrogen and oxygen atoms in total. The molecule has 5 heteroatoms. The van der Waals surface area contributed by atoms with E-state index in [2.05, 4.69) is 10.5 Å². The van der Waals surface area contributed by atoms with E-state index in [1.807, 2.05) is 0 Å². The van der Waals surface area contributed by atoms with Crippen molar-refractivity contribution in [2.45, 2.75) is 0 Å². The van der Waals surface area contributed by atoms with Crippen LogP contribution < -0.4 is 5.43 Å². The summed E-state index contributed by atoms with van der Waals surface area (Å²) in [5, 5.41) is 3.69. The van der Waals surface area contributed by atoms with E-state index < -0.39 is 11.6 Å². The highest BCUT2D eigenvalue weighted by molar-refractivity contribution is 5.80. The third-order valence-electron chi connectivity index (χ3n) is 2.23. The molecule has 0 spiro atoms. The predicted molar refractivity (Wildman–Crippen MR) is 64.0 cm³/mol. The van der Waals surface area contributed by atoms with Crippen LogP contribution in [-0.2, 0) is 0 Å². The van der Waals surface area contributed by atoms with Gasteiger partial charge in [0.2, 0.25) is 0 Å². The van der Waals surface area contributed by atoms with Crippen molar-refractivity contribution in [3.63, 3.8) is 0 Å². The summed E-state index contributed by atoms with van der Waals surface area (Å²) in [4.78, 5) is 0. The van der Waals surface area contributed by atoms with Crippen LogP contribution in [0.3, 0.4) is 0 Å². The molecule has 0 unspecified atom stereocenters. The van der Waals surface area contributed by atoms with Crippen LogP contribution in [0, 0.1) is 17.5 Å². The molecule has 0 aromatic heterocycles. The number of rotatable bonds is 3. The maximum atomic E-state index is 13.2. The van der Waals surface area contributed by atoms with Crippen molar-refractivity contribution in [3.05, 3.63) is 65.5 Å². The first kappa shape index (κ1) is 12.2. The minimum absolute atomic E-state index is 0.230. The Morgan fingerprint density at radius 1 is 0.889 bits per heavy atom. The minimum atomic E-state index is -0.695. The predicted octanol–water partition coefficient (Wildman–Crippen LogP) is 3.55. The summed E-state index contributed by atoms with van der Waals surface area (Å²) < 4.78 is 39.1. The molecule has 0 amide bonds. The molecular formula is C13H9F3N2. The summed E-state index contributed by atoms with van der Waals surface area (Å²) in [6.45, 7) is 0. The Bertz CT molecular complexity index is 545. The van der Waals surface area contributed by atoms with E-state index in [-0.39, 0.29) is 11.4 Å². The molecule has 92 valence electrons. The lowest BCUT2D eigenvalue weighted by Crippen LogP contribution is -1.96. The van der Waals surface area contributed by atoms with Crippen LogP contribution in [0.25, 0.3) is 0 Å². The maximum Gasteiger partial charge on any atom is 0.134 e. The number of halogens is 3. The molecule has 1 N–H and O–H groups in total. The summed E-state index contributed by atoms with van der Waals surface area (Å²) >= 11 is 0. The van der Waals surface area contributed by atoms with Crippen LogP contribution in [0.4, 0.5) is 18.9 Å². The van der Waals surface area contributed by atoms with Crippen LogP contribution in [0.15, 0.2) is 47.6 Å². The molecular weight excluding hydrogens is 241 g/mol. The second kappa shape index (κ2) is 5.35. The van der Waals surface area contributed by atoms with Crippen molar-refractivity contribution in [1.29, 1.82) is 0 Å². The third kappa shape index (κ3) is 2.88. The van der Waals surface area contributed by atoms with E-state index in [0.29, 0.717) is 5.69 Å². The number of benzene rings is 2. The van der Waals surface area contributed by atoms with Gasteiger partial charge in [0, 0.05) is 0 Å². The van der Waals surface area contributed by atoms with Crippen molar-refractivity contribution >= 4 is 11.9 Å². The average molecular weight is 250 g/mol. The number of hydrogen-bond donors (Lipinski definition) is 1. The number of anilines is 1. The molecule has 2 aromatic carbocycles. The molecule has 0 heterocycles. The summed E-state index contributed by atoms with van der Waals surface area (Å²) in [6, 6.07) is 8.98. The molecule has 0 aliphatic carbocycles. The number of nitrogens with zero attached hydrogens (tertiary/aromatic N) is 1. The molecule has 0 radical (unpaired) electrons. The Labute approximate surface area is 102 Å². The van der Waals surface area contributed by atoms with E-state index in [1.54, 1.807) is 0 Å². The molecule has 0 fully saturated rings. The fourth-order valence-corrected chi connectivity index (χ4v) is 1.33. The molecule has 0 aliphatic heterocycles. The first-order valence-electron chi connectivity index (χ1n) is 5.15. The highest BCUT2D eigenvalue weighted by Crippen LogP contribution is 2.10. The Hall–Kier alpha value is -2.30. The van der Waals surface area contributed by atoms with Crippen LogP contribution in [0.5, 0.6) is 0 Å². The van der Waals surface area contributed by atoms with Crippen molar-refractivity contribution in [2.75, 3.05) is 5.43 Å². The first-order chi connectivity index (χ1) is 8.66. The molecule has 2 rings (SSSR count). The molecule has 18 heavy (non-hydrogen) atoms. The van der Waals surface area contributed by atoms with E-state index in [1.165, 1.54) is 30.3 Å².